The van der Waals surface area contributed by atoms with E-state index in [1.165, 1.54) is 0 Å². The summed E-state index contributed by atoms with van der Waals surface area (Å²) >= 11 is 0. The van der Waals surface area contributed by atoms with Gasteiger partial charge in [0.1, 0.15) is 0 Å². The van der Waals surface area contributed by atoms with Crippen molar-refractivity contribution in [2.75, 3.05) is 13.2 Å². The van der Waals surface area contributed by atoms with Crippen LogP contribution in [-0.2, 0) is 20.7 Å². The Bertz CT molecular complexity index is 547. The number of ether oxygens (including phenoxy) is 2. The Balaban J connectivity index is 2.12. The van der Waals surface area contributed by atoms with Gasteiger partial charge in [-0.3, -0.25) is 0 Å². The summed E-state index contributed by atoms with van der Waals surface area (Å²) in [6.45, 7) is 4.55. The van der Waals surface area contributed by atoms with Crippen molar-refractivity contribution in [2.45, 2.75) is 26.4 Å². The number of fused-ring (bicyclic) bond motifs is 1. The van der Waals surface area contributed by atoms with Gasteiger partial charge in [0.15, 0.2) is 6.10 Å². The van der Waals surface area contributed by atoms with Crippen molar-refractivity contribution >= 4 is 16.9 Å². The van der Waals surface area contributed by atoms with Crippen molar-refractivity contribution < 1.29 is 14.3 Å². The number of carbonyl (C=O) groups excluding carboxylic acids is 1. The van der Waals surface area contributed by atoms with Crippen LogP contribution < -0.4 is 0 Å². The van der Waals surface area contributed by atoms with Gasteiger partial charge >= 0.3 is 5.97 Å². The predicted octanol–water partition coefficient (Wildman–Crippen LogP) is 2.68. The highest BCUT2D eigenvalue weighted by Crippen LogP contribution is 2.16. The summed E-state index contributed by atoms with van der Waals surface area (Å²) in [6, 6.07) is 8.10. The van der Waals surface area contributed by atoms with Crippen molar-refractivity contribution in [1.29, 1.82) is 0 Å². The molecule has 0 bridgehead atoms. The summed E-state index contributed by atoms with van der Waals surface area (Å²) in [5.41, 5.74) is 2.16. The zero-order valence-corrected chi connectivity index (χ0v) is 11.3. The van der Waals surface area contributed by atoms with E-state index in [0.717, 1.165) is 16.5 Å². The van der Waals surface area contributed by atoms with Gasteiger partial charge in [0.05, 0.1) is 6.61 Å². The van der Waals surface area contributed by atoms with Crippen molar-refractivity contribution in [3.8, 4) is 0 Å². The molecular weight excluding hydrogens is 242 g/mol. The Hall–Kier alpha value is -1.81. The molecule has 2 aromatic rings. The lowest BCUT2D eigenvalue weighted by molar-refractivity contribution is -0.156. The highest BCUT2D eigenvalue weighted by Gasteiger charge is 2.20. The van der Waals surface area contributed by atoms with Gasteiger partial charge in [0, 0.05) is 24.7 Å². The summed E-state index contributed by atoms with van der Waals surface area (Å²) in [6.07, 6.45) is 1.91. The van der Waals surface area contributed by atoms with E-state index in [9.17, 15) is 4.79 Å². The minimum absolute atomic E-state index is 0.293. The lowest BCUT2D eigenvalue weighted by atomic mass is 10.1. The maximum Gasteiger partial charge on any atom is 0.335 e. The summed E-state index contributed by atoms with van der Waals surface area (Å²) < 4.78 is 10.5. The Kier molecular flexibility index (Phi) is 4.58. The van der Waals surface area contributed by atoms with Crippen LogP contribution in [0.4, 0.5) is 0 Å². The van der Waals surface area contributed by atoms with Gasteiger partial charge in [0.25, 0.3) is 0 Å². The van der Waals surface area contributed by atoms with Crippen LogP contribution >= 0.6 is 0 Å². The van der Waals surface area contributed by atoms with Gasteiger partial charge in [-0.25, -0.2) is 4.79 Å². The smallest absolute Gasteiger partial charge is 0.335 e. The van der Waals surface area contributed by atoms with Crippen LogP contribution in [0.2, 0.25) is 0 Å². The molecule has 1 aromatic carbocycles. The third-order valence-corrected chi connectivity index (χ3v) is 2.96. The first kappa shape index (κ1) is 13.6. The topological polar surface area (TPSA) is 51.3 Å². The highest BCUT2D eigenvalue weighted by atomic mass is 16.6. The molecule has 0 aliphatic rings. The minimum atomic E-state index is -0.527. The molecule has 1 aromatic heterocycles. The Morgan fingerprint density at radius 3 is 2.84 bits per heavy atom. The van der Waals surface area contributed by atoms with Crippen LogP contribution in [0.5, 0.6) is 0 Å². The summed E-state index contributed by atoms with van der Waals surface area (Å²) in [5.74, 6) is -0.293. The number of hydrogen-bond donors (Lipinski definition) is 1. The summed E-state index contributed by atoms with van der Waals surface area (Å²) in [4.78, 5) is 14.9. The van der Waals surface area contributed by atoms with Gasteiger partial charge in [-0.2, -0.15) is 0 Å². The number of hydrogen-bond acceptors (Lipinski definition) is 3. The van der Waals surface area contributed by atoms with E-state index in [-0.39, 0.29) is 5.97 Å². The van der Waals surface area contributed by atoms with E-state index in [0.29, 0.717) is 19.6 Å². The third-order valence-electron chi connectivity index (χ3n) is 2.96. The SMILES string of the molecule is CCOC(=O)[C@@H](Cc1ccc2[nH]ccc2c1)OCC. The first-order valence-corrected chi connectivity index (χ1v) is 6.58. The van der Waals surface area contributed by atoms with Crippen molar-refractivity contribution in [3.63, 3.8) is 0 Å². The summed E-state index contributed by atoms with van der Waals surface area (Å²) in [5, 5.41) is 1.14. The minimum Gasteiger partial charge on any atom is -0.464 e. The zero-order chi connectivity index (χ0) is 13.7. The second-order valence-corrected chi connectivity index (χ2v) is 4.30. The molecule has 1 heterocycles. The van der Waals surface area contributed by atoms with Gasteiger partial charge < -0.3 is 14.5 Å². The molecule has 0 saturated heterocycles. The number of H-pyrrole nitrogens is 1. The largest absolute Gasteiger partial charge is 0.464 e. The Labute approximate surface area is 112 Å². The number of aromatic amines is 1. The fourth-order valence-electron chi connectivity index (χ4n) is 2.09. The molecule has 0 radical (unpaired) electrons. The monoisotopic (exact) mass is 261 g/mol. The second kappa shape index (κ2) is 6.38. The maximum absolute atomic E-state index is 11.8. The summed E-state index contributed by atoms with van der Waals surface area (Å²) in [7, 11) is 0. The van der Waals surface area contributed by atoms with Gasteiger partial charge in [0.2, 0.25) is 0 Å². The van der Waals surface area contributed by atoms with E-state index in [4.69, 9.17) is 9.47 Å². The van der Waals surface area contributed by atoms with Crippen LogP contribution in [0.3, 0.4) is 0 Å². The van der Waals surface area contributed by atoms with E-state index >= 15 is 0 Å². The molecule has 0 amide bonds. The molecule has 0 saturated carbocycles. The van der Waals surface area contributed by atoms with E-state index in [1.807, 2.05) is 31.3 Å². The van der Waals surface area contributed by atoms with Crippen LogP contribution in [0.25, 0.3) is 10.9 Å². The molecule has 4 heteroatoms. The molecule has 0 fully saturated rings. The molecule has 0 spiro atoms. The number of carbonyl (C=O) groups is 1. The third kappa shape index (κ3) is 3.35. The highest BCUT2D eigenvalue weighted by molar-refractivity contribution is 5.80. The van der Waals surface area contributed by atoms with Gasteiger partial charge in [-0.1, -0.05) is 6.07 Å². The first-order valence-electron chi connectivity index (χ1n) is 6.58. The molecule has 0 unspecified atom stereocenters. The first-order chi connectivity index (χ1) is 9.24. The average molecular weight is 261 g/mol. The van der Waals surface area contributed by atoms with Crippen LogP contribution in [0.15, 0.2) is 30.5 Å². The zero-order valence-electron chi connectivity index (χ0n) is 11.3. The number of benzene rings is 1. The Morgan fingerprint density at radius 2 is 2.11 bits per heavy atom. The molecule has 1 atom stereocenters. The van der Waals surface area contributed by atoms with Crippen LogP contribution in [0.1, 0.15) is 19.4 Å². The van der Waals surface area contributed by atoms with E-state index in [2.05, 4.69) is 11.1 Å². The fraction of sp³-hybridized carbons (Fsp3) is 0.400. The van der Waals surface area contributed by atoms with Gasteiger partial charge in [-0.15, -0.1) is 0 Å². The number of nitrogens with one attached hydrogen (secondary N) is 1. The standard InChI is InChI=1S/C15H19NO3/c1-3-18-14(15(17)19-4-2)10-11-5-6-13-12(9-11)7-8-16-13/h5-9,14,16H,3-4,10H2,1-2H3/t14-/m1/s1. The average Bonchev–Trinajstić information content (AvgIpc) is 2.86. The lowest BCUT2D eigenvalue weighted by Gasteiger charge is -2.15. The molecular formula is C15H19NO3. The van der Waals surface area contributed by atoms with Gasteiger partial charge in [-0.05, 0) is 43.0 Å². The number of aromatic nitrogens is 1. The molecule has 2 rings (SSSR count). The molecule has 102 valence electrons. The molecule has 0 aliphatic carbocycles. The van der Waals surface area contributed by atoms with Crippen molar-refractivity contribution in [2.24, 2.45) is 0 Å². The van der Waals surface area contributed by atoms with Crippen LogP contribution in [0, 0.1) is 0 Å². The van der Waals surface area contributed by atoms with E-state index in [1.54, 1.807) is 6.92 Å². The fourth-order valence-corrected chi connectivity index (χ4v) is 2.09. The normalized spacial score (nSPS) is 12.5. The number of rotatable bonds is 6. The second-order valence-electron chi connectivity index (χ2n) is 4.30. The quantitative estimate of drug-likeness (QED) is 0.813. The maximum atomic E-state index is 11.8. The Morgan fingerprint density at radius 1 is 1.26 bits per heavy atom. The van der Waals surface area contributed by atoms with Crippen molar-refractivity contribution in [3.05, 3.63) is 36.0 Å². The molecule has 0 aliphatic heterocycles. The molecule has 1 N–H and O–H groups in total. The van der Waals surface area contributed by atoms with E-state index < -0.39 is 6.10 Å². The van der Waals surface area contributed by atoms with Crippen molar-refractivity contribution in [1.82, 2.24) is 4.98 Å². The van der Waals surface area contributed by atoms with Crippen LogP contribution in [-0.4, -0.2) is 30.3 Å². The lowest BCUT2D eigenvalue weighted by Crippen LogP contribution is -2.28. The molecule has 19 heavy (non-hydrogen) atoms. The number of esters is 1. The molecule has 4 nitrogen and oxygen atoms in total. The predicted molar refractivity (Wildman–Crippen MR) is 74.0 cm³/mol.